The van der Waals surface area contributed by atoms with Crippen LogP contribution in [-0.4, -0.2) is 63.4 Å². The molecule has 0 bridgehead atoms. The summed E-state index contributed by atoms with van der Waals surface area (Å²) in [6.45, 7) is 0.927. The molecule has 0 radical (unpaired) electrons. The maximum atomic E-state index is 12.7. The number of nitrogens with one attached hydrogen (secondary N) is 1. The highest BCUT2D eigenvalue weighted by atomic mass is 32.2. The molecule has 0 amide bonds. The van der Waals surface area contributed by atoms with E-state index in [9.17, 15) is 18.3 Å². The monoisotopic (exact) mass is 419 g/mol. The average Bonchev–Trinajstić information content (AvgIpc) is 3.24. The minimum absolute atomic E-state index is 0.0674. The van der Waals surface area contributed by atoms with E-state index in [2.05, 4.69) is 15.3 Å². The fourth-order valence-electron chi connectivity index (χ4n) is 4.98. The van der Waals surface area contributed by atoms with Crippen molar-refractivity contribution in [3.8, 4) is 0 Å². The van der Waals surface area contributed by atoms with E-state index >= 15 is 0 Å². The Hall–Kier alpha value is -2.04. The summed E-state index contributed by atoms with van der Waals surface area (Å²) in [4.78, 5) is 21.7. The molecule has 3 aliphatic rings. The molecular weight excluding hydrogens is 394 g/mol. The smallest absolute Gasteiger partial charge is 0.252 e. The van der Waals surface area contributed by atoms with Gasteiger partial charge in [0.1, 0.15) is 5.65 Å². The third-order valence-electron chi connectivity index (χ3n) is 6.72. The molecule has 1 saturated heterocycles. The SMILES string of the molecule is CS(=O)(=O)N1CCC(Nc2ncc3ccc(=O)n(C4CCC5CC54O)c3n2)CC1. The lowest BCUT2D eigenvalue weighted by atomic mass is 10.1. The van der Waals surface area contributed by atoms with Crippen LogP contribution in [0.25, 0.3) is 11.0 Å². The molecule has 3 unspecified atom stereocenters. The van der Waals surface area contributed by atoms with E-state index in [1.807, 2.05) is 0 Å². The molecule has 5 rings (SSSR count). The zero-order valence-corrected chi connectivity index (χ0v) is 17.1. The number of aromatic nitrogens is 3. The number of anilines is 1. The molecule has 0 aromatic carbocycles. The highest BCUT2D eigenvalue weighted by Crippen LogP contribution is 2.60. The Bertz CT molecular complexity index is 1120. The summed E-state index contributed by atoms with van der Waals surface area (Å²) in [5, 5.41) is 14.9. The van der Waals surface area contributed by atoms with Crippen LogP contribution in [0.2, 0.25) is 0 Å². The summed E-state index contributed by atoms with van der Waals surface area (Å²) in [5.74, 6) is 0.709. The second-order valence-electron chi connectivity index (χ2n) is 8.58. The first kappa shape index (κ1) is 19.0. The van der Waals surface area contributed by atoms with Gasteiger partial charge in [-0.25, -0.2) is 17.7 Å². The summed E-state index contributed by atoms with van der Waals surface area (Å²) in [6.07, 6.45) is 6.70. The van der Waals surface area contributed by atoms with Crippen LogP contribution >= 0.6 is 0 Å². The van der Waals surface area contributed by atoms with Crippen molar-refractivity contribution in [1.29, 1.82) is 0 Å². The molecule has 3 heterocycles. The fourth-order valence-corrected chi connectivity index (χ4v) is 5.86. The molecule has 2 aromatic rings. The average molecular weight is 420 g/mol. The standard InChI is InChI=1S/C19H25N5O4S/c1-29(27,28)23-8-6-14(7-9-23)21-18-20-11-12-2-5-16(25)24(17(12)22-18)15-4-3-13-10-19(13,15)26/h2,5,11,13-15,26H,3-4,6-10H2,1H3,(H,20,21,22). The quantitative estimate of drug-likeness (QED) is 0.749. The van der Waals surface area contributed by atoms with E-state index in [-0.39, 0.29) is 23.6 Å². The number of fused-ring (bicyclic) bond motifs is 2. The molecule has 2 aliphatic carbocycles. The van der Waals surface area contributed by atoms with Crippen molar-refractivity contribution < 1.29 is 13.5 Å². The maximum absolute atomic E-state index is 12.7. The van der Waals surface area contributed by atoms with E-state index in [1.54, 1.807) is 16.8 Å². The summed E-state index contributed by atoms with van der Waals surface area (Å²) in [6, 6.07) is 3.05. The predicted octanol–water partition coefficient (Wildman–Crippen LogP) is 0.713. The second kappa shape index (κ2) is 6.48. The highest BCUT2D eigenvalue weighted by Gasteiger charge is 2.63. The molecule has 2 saturated carbocycles. The molecule has 156 valence electrons. The van der Waals surface area contributed by atoms with Crippen LogP contribution in [0, 0.1) is 5.92 Å². The molecule has 29 heavy (non-hydrogen) atoms. The van der Waals surface area contributed by atoms with Crippen molar-refractivity contribution in [1.82, 2.24) is 18.8 Å². The topological polar surface area (TPSA) is 117 Å². The van der Waals surface area contributed by atoms with Gasteiger partial charge in [0, 0.05) is 36.8 Å². The number of pyridine rings is 1. The normalized spacial score (nSPS) is 30.4. The lowest BCUT2D eigenvalue weighted by Gasteiger charge is -2.30. The molecular formula is C19H25N5O4S. The number of piperidine rings is 1. The number of aliphatic hydroxyl groups is 1. The Kier molecular flexibility index (Phi) is 4.24. The van der Waals surface area contributed by atoms with Gasteiger partial charge < -0.3 is 10.4 Å². The van der Waals surface area contributed by atoms with Crippen molar-refractivity contribution in [2.45, 2.75) is 49.8 Å². The molecule has 0 spiro atoms. The van der Waals surface area contributed by atoms with E-state index in [0.29, 0.717) is 37.5 Å². The van der Waals surface area contributed by atoms with Crippen molar-refractivity contribution in [3.63, 3.8) is 0 Å². The maximum Gasteiger partial charge on any atom is 0.252 e. The van der Waals surface area contributed by atoms with Gasteiger partial charge in [0.15, 0.2) is 0 Å². The molecule has 2 N–H and O–H groups in total. The molecule has 9 nitrogen and oxygen atoms in total. The largest absolute Gasteiger partial charge is 0.387 e. The minimum atomic E-state index is -3.17. The van der Waals surface area contributed by atoms with Crippen LogP contribution in [0.5, 0.6) is 0 Å². The van der Waals surface area contributed by atoms with Gasteiger partial charge in [-0.15, -0.1) is 0 Å². The third-order valence-corrected chi connectivity index (χ3v) is 8.02. The van der Waals surface area contributed by atoms with E-state index < -0.39 is 15.6 Å². The van der Waals surface area contributed by atoms with E-state index in [4.69, 9.17) is 0 Å². The minimum Gasteiger partial charge on any atom is -0.387 e. The summed E-state index contributed by atoms with van der Waals surface area (Å²) < 4.78 is 26.5. The van der Waals surface area contributed by atoms with Crippen molar-refractivity contribution in [2.75, 3.05) is 24.7 Å². The van der Waals surface area contributed by atoms with Gasteiger partial charge in [-0.1, -0.05) is 0 Å². The van der Waals surface area contributed by atoms with Gasteiger partial charge in [0.2, 0.25) is 16.0 Å². The van der Waals surface area contributed by atoms with E-state index in [1.165, 1.54) is 16.6 Å². The van der Waals surface area contributed by atoms with E-state index in [0.717, 1.165) is 24.6 Å². The van der Waals surface area contributed by atoms with Crippen LogP contribution < -0.4 is 10.9 Å². The van der Waals surface area contributed by atoms with Crippen LogP contribution in [-0.2, 0) is 10.0 Å². The Balaban J connectivity index is 1.42. The molecule has 1 aliphatic heterocycles. The Morgan fingerprint density at radius 2 is 1.97 bits per heavy atom. The Morgan fingerprint density at radius 1 is 1.21 bits per heavy atom. The van der Waals surface area contributed by atoms with Crippen LogP contribution in [0.3, 0.4) is 0 Å². The predicted molar refractivity (Wildman–Crippen MR) is 108 cm³/mol. The summed E-state index contributed by atoms with van der Waals surface area (Å²) in [5.41, 5.74) is -0.404. The van der Waals surface area contributed by atoms with Gasteiger partial charge >= 0.3 is 0 Å². The summed E-state index contributed by atoms with van der Waals surface area (Å²) in [7, 11) is -3.17. The Morgan fingerprint density at radius 3 is 2.59 bits per heavy atom. The van der Waals surface area contributed by atoms with Crippen LogP contribution in [0.15, 0.2) is 23.1 Å². The summed E-state index contributed by atoms with van der Waals surface area (Å²) >= 11 is 0. The third kappa shape index (κ3) is 3.23. The first-order valence-electron chi connectivity index (χ1n) is 10.1. The molecule has 2 aromatic heterocycles. The van der Waals surface area contributed by atoms with Crippen LogP contribution in [0.4, 0.5) is 5.95 Å². The Labute approximate surface area is 168 Å². The number of sulfonamides is 1. The highest BCUT2D eigenvalue weighted by molar-refractivity contribution is 7.88. The van der Waals surface area contributed by atoms with Crippen molar-refractivity contribution in [3.05, 3.63) is 28.7 Å². The van der Waals surface area contributed by atoms with Gasteiger partial charge in [-0.05, 0) is 44.1 Å². The van der Waals surface area contributed by atoms with Crippen molar-refractivity contribution >= 4 is 27.0 Å². The van der Waals surface area contributed by atoms with Gasteiger partial charge in [0.25, 0.3) is 5.56 Å². The lowest BCUT2D eigenvalue weighted by molar-refractivity contribution is 0.0939. The number of nitrogens with zero attached hydrogens (tertiary/aromatic N) is 4. The molecule has 10 heteroatoms. The molecule has 3 atom stereocenters. The van der Waals surface area contributed by atoms with Gasteiger partial charge in [0.05, 0.1) is 17.9 Å². The lowest BCUT2D eigenvalue weighted by Crippen LogP contribution is -2.42. The van der Waals surface area contributed by atoms with Gasteiger partial charge in [-0.3, -0.25) is 9.36 Å². The van der Waals surface area contributed by atoms with Gasteiger partial charge in [-0.2, -0.15) is 4.98 Å². The van der Waals surface area contributed by atoms with Crippen LogP contribution in [0.1, 0.15) is 38.1 Å². The number of rotatable bonds is 4. The zero-order valence-electron chi connectivity index (χ0n) is 16.3. The second-order valence-corrected chi connectivity index (χ2v) is 10.6. The molecule has 3 fully saturated rings. The fraction of sp³-hybridized carbons (Fsp3) is 0.632. The first-order valence-corrected chi connectivity index (χ1v) is 11.9. The number of hydrogen-bond acceptors (Lipinski definition) is 7. The number of hydrogen-bond donors (Lipinski definition) is 2. The van der Waals surface area contributed by atoms with Crippen molar-refractivity contribution in [2.24, 2.45) is 5.92 Å². The first-order chi connectivity index (χ1) is 13.8. The zero-order chi connectivity index (χ0) is 20.4.